The molecule has 1 aromatic rings. The molecule has 19 heavy (non-hydrogen) atoms. The molecule has 0 spiro atoms. The van der Waals surface area contributed by atoms with Gasteiger partial charge in [0.1, 0.15) is 5.75 Å². The Morgan fingerprint density at radius 2 is 2.16 bits per heavy atom. The fraction of sp³-hybridized carbons (Fsp3) is 0.600. The van der Waals surface area contributed by atoms with Gasteiger partial charge in [0.25, 0.3) is 0 Å². The standard InChI is InChI=1S/C15H23NO2S/c1-18-14-6-4-12(5-7-14)11-19-15-9-13(16-10-15)3-2-8-17/h4-7,13,15-17H,2-3,8-11H2,1H3. The van der Waals surface area contributed by atoms with Gasteiger partial charge in [-0.25, -0.2) is 0 Å². The predicted octanol–water partition coefficient (Wildman–Crippen LogP) is 2.43. The van der Waals surface area contributed by atoms with Crippen LogP contribution in [0.5, 0.6) is 5.75 Å². The van der Waals surface area contributed by atoms with Crippen LogP contribution < -0.4 is 10.1 Å². The van der Waals surface area contributed by atoms with Crippen molar-refractivity contribution in [2.24, 2.45) is 0 Å². The van der Waals surface area contributed by atoms with E-state index in [1.54, 1.807) is 7.11 Å². The van der Waals surface area contributed by atoms with E-state index in [9.17, 15) is 0 Å². The summed E-state index contributed by atoms with van der Waals surface area (Å²) in [7, 11) is 1.69. The zero-order valence-electron chi connectivity index (χ0n) is 11.5. The first-order valence-corrected chi connectivity index (χ1v) is 7.95. The van der Waals surface area contributed by atoms with Gasteiger partial charge in [0.15, 0.2) is 0 Å². The summed E-state index contributed by atoms with van der Waals surface area (Å²) in [5, 5.41) is 13.1. The fourth-order valence-electron chi connectivity index (χ4n) is 2.40. The Morgan fingerprint density at radius 3 is 2.84 bits per heavy atom. The van der Waals surface area contributed by atoms with Crippen molar-refractivity contribution in [1.82, 2.24) is 5.32 Å². The summed E-state index contributed by atoms with van der Waals surface area (Å²) in [5.74, 6) is 1.98. The molecule has 3 nitrogen and oxygen atoms in total. The van der Waals surface area contributed by atoms with Crippen LogP contribution in [0.15, 0.2) is 24.3 Å². The molecule has 2 rings (SSSR count). The van der Waals surface area contributed by atoms with Gasteiger partial charge in [0.05, 0.1) is 7.11 Å². The number of methoxy groups -OCH3 is 1. The molecule has 1 saturated heterocycles. The Bertz CT molecular complexity index is 369. The van der Waals surface area contributed by atoms with Gasteiger partial charge in [-0.05, 0) is 37.0 Å². The van der Waals surface area contributed by atoms with E-state index in [0.29, 0.717) is 17.9 Å². The molecule has 1 heterocycles. The Kier molecular flexibility index (Phi) is 6.01. The number of rotatable bonds is 7. The van der Waals surface area contributed by atoms with Gasteiger partial charge in [-0.15, -0.1) is 0 Å². The molecule has 0 aliphatic carbocycles. The molecule has 2 atom stereocenters. The van der Waals surface area contributed by atoms with Crippen LogP contribution in [-0.4, -0.2) is 36.7 Å². The molecule has 0 saturated carbocycles. The molecule has 4 heteroatoms. The summed E-state index contributed by atoms with van der Waals surface area (Å²) in [6.45, 7) is 1.40. The zero-order valence-corrected chi connectivity index (χ0v) is 12.3. The van der Waals surface area contributed by atoms with E-state index in [-0.39, 0.29) is 0 Å². The molecule has 0 amide bonds. The van der Waals surface area contributed by atoms with Gasteiger partial charge in [0.2, 0.25) is 0 Å². The minimum Gasteiger partial charge on any atom is -0.497 e. The summed E-state index contributed by atoms with van der Waals surface area (Å²) >= 11 is 2.02. The lowest BCUT2D eigenvalue weighted by Crippen LogP contribution is -2.21. The van der Waals surface area contributed by atoms with Crippen LogP contribution >= 0.6 is 11.8 Å². The van der Waals surface area contributed by atoms with E-state index in [1.165, 1.54) is 12.0 Å². The fourth-order valence-corrected chi connectivity index (χ4v) is 3.61. The maximum absolute atomic E-state index is 8.84. The molecule has 2 unspecified atom stereocenters. The Balaban J connectivity index is 1.70. The molecule has 0 aromatic heterocycles. The smallest absolute Gasteiger partial charge is 0.118 e. The van der Waals surface area contributed by atoms with Crippen molar-refractivity contribution >= 4 is 11.8 Å². The number of thioether (sulfide) groups is 1. The first-order chi connectivity index (χ1) is 9.31. The summed E-state index contributed by atoms with van der Waals surface area (Å²) in [6, 6.07) is 8.91. The Labute approximate surface area is 119 Å². The molecule has 1 aromatic carbocycles. The van der Waals surface area contributed by atoms with E-state index >= 15 is 0 Å². The summed E-state index contributed by atoms with van der Waals surface area (Å²) in [6.07, 6.45) is 3.23. The number of nitrogens with one attached hydrogen (secondary N) is 1. The van der Waals surface area contributed by atoms with Gasteiger partial charge >= 0.3 is 0 Å². The lowest BCUT2D eigenvalue weighted by atomic mass is 10.1. The van der Waals surface area contributed by atoms with Gasteiger partial charge in [-0.1, -0.05) is 12.1 Å². The van der Waals surface area contributed by atoms with Crippen LogP contribution in [0, 0.1) is 0 Å². The first kappa shape index (κ1) is 14.7. The van der Waals surface area contributed by atoms with Crippen molar-refractivity contribution in [2.75, 3.05) is 20.3 Å². The van der Waals surface area contributed by atoms with Crippen LogP contribution in [0.1, 0.15) is 24.8 Å². The Morgan fingerprint density at radius 1 is 1.37 bits per heavy atom. The molecule has 1 aliphatic rings. The lowest BCUT2D eigenvalue weighted by molar-refractivity contribution is 0.277. The highest BCUT2D eigenvalue weighted by Crippen LogP contribution is 2.26. The van der Waals surface area contributed by atoms with Crippen molar-refractivity contribution in [2.45, 2.75) is 36.3 Å². The van der Waals surface area contributed by atoms with E-state index in [1.807, 2.05) is 23.9 Å². The lowest BCUT2D eigenvalue weighted by Gasteiger charge is -2.10. The van der Waals surface area contributed by atoms with E-state index < -0.39 is 0 Å². The zero-order chi connectivity index (χ0) is 13.5. The van der Waals surface area contributed by atoms with Crippen molar-refractivity contribution in [3.63, 3.8) is 0 Å². The van der Waals surface area contributed by atoms with Crippen molar-refractivity contribution in [3.05, 3.63) is 29.8 Å². The van der Waals surface area contributed by atoms with E-state index in [2.05, 4.69) is 17.4 Å². The first-order valence-electron chi connectivity index (χ1n) is 6.90. The topological polar surface area (TPSA) is 41.5 Å². The number of aliphatic hydroxyl groups is 1. The van der Waals surface area contributed by atoms with Gasteiger partial charge in [-0.2, -0.15) is 11.8 Å². The quantitative estimate of drug-likeness (QED) is 0.805. The van der Waals surface area contributed by atoms with Crippen LogP contribution in [0.2, 0.25) is 0 Å². The number of aliphatic hydroxyl groups excluding tert-OH is 1. The molecule has 1 aliphatic heterocycles. The average molecular weight is 281 g/mol. The van der Waals surface area contributed by atoms with Crippen LogP contribution in [0.4, 0.5) is 0 Å². The second-order valence-electron chi connectivity index (χ2n) is 4.99. The molecule has 2 N–H and O–H groups in total. The van der Waals surface area contributed by atoms with Crippen molar-refractivity contribution in [3.8, 4) is 5.75 Å². The van der Waals surface area contributed by atoms with Crippen LogP contribution in [-0.2, 0) is 5.75 Å². The molecule has 106 valence electrons. The normalized spacial score (nSPS) is 22.6. The number of ether oxygens (including phenoxy) is 1. The number of hydrogen-bond donors (Lipinski definition) is 2. The van der Waals surface area contributed by atoms with Gasteiger partial charge < -0.3 is 15.2 Å². The Hall–Kier alpha value is -0.710. The SMILES string of the molecule is COc1ccc(CSC2CNC(CCCO)C2)cc1. The van der Waals surface area contributed by atoms with Crippen molar-refractivity contribution < 1.29 is 9.84 Å². The summed E-state index contributed by atoms with van der Waals surface area (Å²) in [5.41, 5.74) is 1.35. The van der Waals surface area contributed by atoms with E-state index in [4.69, 9.17) is 9.84 Å². The third-order valence-electron chi connectivity index (χ3n) is 3.54. The molecular formula is C15H23NO2S. The minimum atomic E-state index is 0.307. The third-order valence-corrected chi connectivity index (χ3v) is 4.87. The summed E-state index contributed by atoms with van der Waals surface area (Å²) in [4.78, 5) is 0. The average Bonchev–Trinajstić information content (AvgIpc) is 2.91. The number of benzene rings is 1. The maximum Gasteiger partial charge on any atom is 0.118 e. The predicted molar refractivity (Wildman–Crippen MR) is 80.8 cm³/mol. The third kappa shape index (κ3) is 4.71. The molecule has 0 radical (unpaired) electrons. The van der Waals surface area contributed by atoms with E-state index in [0.717, 1.165) is 30.9 Å². The largest absolute Gasteiger partial charge is 0.497 e. The van der Waals surface area contributed by atoms with Crippen LogP contribution in [0.3, 0.4) is 0 Å². The highest BCUT2D eigenvalue weighted by Gasteiger charge is 2.23. The molecular weight excluding hydrogens is 258 g/mol. The number of hydrogen-bond acceptors (Lipinski definition) is 4. The van der Waals surface area contributed by atoms with Crippen LogP contribution in [0.25, 0.3) is 0 Å². The second kappa shape index (κ2) is 7.78. The highest BCUT2D eigenvalue weighted by molar-refractivity contribution is 7.99. The minimum absolute atomic E-state index is 0.307. The van der Waals surface area contributed by atoms with Crippen molar-refractivity contribution in [1.29, 1.82) is 0 Å². The summed E-state index contributed by atoms with van der Waals surface area (Å²) < 4.78 is 5.16. The monoisotopic (exact) mass is 281 g/mol. The maximum atomic E-state index is 8.84. The molecule has 0 bridgehead atoms. The van der Waals surface area contributed by atoms with Gasteiger partial charge in [-0.3, -0.25) is 0 Å². The van der Waals surface area contributed by atoms with Gasteiger partial charge in [0, 0.05) is 30.2 Å². The molecule has 1 fully saturated rings. The highest BCUT2D eigenvalue weighted by atomic mass is 32.2. The second-order valence-corrected chi connectivity index (χ2v) is 6.28.